The monoisotopic (exact) mass is 265 g/mol. The SMILES string of the molecule is O=C(Cn1cc(Cl)cn1)NOCc1ccccc1. The fourth-order valence-electron chi connectivity index (χ4n) is 1.38. The van der Waals surface area contributed by atoms with Crippen molar-refractivity contribution in [1.82, 2.24) is 15.3 Å². The Morgan fingerprint density at radius 3 is 2.83 bits per heavy atom. The maximum absolute atomic E-state index is 11.5. The number of nitrogens with one attached hydrogen (secondary N) is 1. The van der Waals surface area contributed by atoms with E-state index >= 15 is 0 Å². The number of benzene rings is 1. The van der Waals surface area contributed by atoms with Crippen LogP contribution in [0.2, 0.25) is 5.02 Å². The van der Waals surface area contributed by atoms with Crippen molar-refractivity contribution in [3.05, 3.63) is 53.3 Å². The minimum absolute atomic E-state index is 0.0709. The van der Waals surface area contributed by atoms with Gasteiger partial charge in [-0.2, -0.15) is 5.10 Å². The molecule has 2 aromatic rings. The summed E-state index contributed by atoms with van der Waals surface area (Å²) in [6, 6.07) is 9.57. The van der Waals surface area contributed by atoms with Gasteiger partial charge in [0.05, 0.1) is 17.8 Å². The van der Waals surface area contributed by atoms with E-state index in [9.17, 15) is 4.79 Å². The number of nitrogens with zero attached hydrogens (tertiary/aromatic N) is 2. The molecule has 1 aromatic heterocycles. The van der Waals surface area contributed by atoms with Gasteiger partial charge in [0.15, 0.2) is 0 Å². The van der Waals surface area contributed by atoms with Crippen LogP contribution in [0.25, 0.3) is 0 Å². The van der Waals surface area contributed by atoms with E-state index in [1.54, 1.807) is 6.20 Å². The van der Waals surface area contributed by atoms with Crippen molar-refractivity contribution in [3.63, 3.8) is 0 Å². The zero-order chi connectivity index (χ0) is 12.8. The van der Waals surface area contributed by atoms with Gasteiger partial charge in [-0.15, -0.1) is 0 Å². The Morgan fingerprint density at radius 2 is 2.17 bits per heavy atom. The summed E-state index contributed by atoms with van der Waals surface area (Å²) in [5.74, 6) is -0.286. The van der Waals surface area contributed by atoms with Crippen LogP contribution < -0.4 is 5.48 Å². The lowest BCUT2D eigenvalue weighted by Crippen LogP contribution is -2.27. The molecule has 6 heteroatoms. The molecule has 0 radical (unpaired) electrons. The van der Waals surface area contributed by atoms with Gasteiger partial charge in [-0.25, -0.2) is 5.48 Å². The highest BCUT2D eigenvalue weighted by Gasteiger charge is 2.04. The molecular formula is C12H12ClN3O2. The van der Waals surface area contributed by atoms with E-state index in [1.807, 2.05) is 30.3 Å². The lowest BCUT2D eigenvalue weighted by atomic mass is 10.2. The summed E-state index contributed by atoms with van der Waals surface area (Å²) in [4.78, 5) is 16.6. The third-order valence-corrected chi connectivity index (χ3v) is 2.37. The predicted molar refractivity (Wildman–Crippen MR) is 66.6 cm³/mol. The Balaban J connectivity index is 1.72. The number of carbonyl (C=O) groups excluding carboxylic acids is 1. The number of hydrogen-bond acceptors (Lipinski definition) is 3. The summed E-state index contributed by atoms with van der Waals surface area (Å²) in [6.07, 6.45) is 3.04. The first-order valence-corrected chi connectivity index (χ1v) is 5.74. The second kappa shape index (κ2) is 6.18. The standard InChI is InChI=1S/C12H12ClN3O2/c13-11-6-14-16(7-11)8-12(17)15-18-9-10-4-2-1-3-5-10/h1-7H,8-9H2,(H,15,17). The molecule has 1 N–H and O–H groups in total. The van der Waals surface area contributed by atoms with Crippen LogP contribution in [0.3, 0.4) is 0 Å². The van der Waals surface area contributed by atoms with Gasteiger partial charge in [-0.1, -0.05) is 41.9 Å². The smallest absolute Gasteiger partial charge is 0.265 e. The number of hydrogen-bond donors (Lipinski definition) is 1. The van der Waals surface area contributed by atoms with Gasteiger partial charge in [0, 0.05) is 6.20 Å². The van der Waals surface area contributed by atoms with Crippen LogP contribution >= 0.6 is 11.6 Å². The zero-order valence-corrected chi connectivity index (χ0v) is 10.3. The number of hydroxylamine groups is 1. The average Bonchev–Trinajstić information content (AvgIpc) is 2.76. The molecule has 0 spiro atoms. The second-order valence-corrected chi connectivity index (χ2v) is 4.09. The summed E-state index contributed by atoms with van der Waals surface area (Å²) in [5.41, 5.74) is 3.33. The van der Waals surface area contributed by atoms with Gasteiger partial charge in [0.25, 0.3) is 5.91 Å². The van der Waals surface area contributed by atoms with Crippen LogP contribution in [0.1, 0.15) is 5.56 Å². The molecule has 0 fully saturated rings. The lowest BCUT2D eigenvalue weighted by molar-refractivity contribution is -0.135. The van der Waals surface area contributed by atoms with Crippen LogP contribution in [0.5, 0.6) is 0 Å². The van der Waals surface area contributed by atoms with E-state index in [0.29, 0.717) is 11.6 Å². The van der Waals surface area contributed by atoms with E-state index in [4.69, 9.17) is 16.4 Å². The molecule has 1 amide bonds. The van der Waals surface area contributed by atoms with E-state index < -0.39 is 0 Å². The van der Waals surface area contributed by atoms with E-state index in [-0.39, 0.29) is 12.5 Å². The fraction of sp³-hybridized carbons (Fsp3) is 0.167. The third-order valence-electron chi connectivity index (χ3n) is 2.18. The summed E-state index contributed by atoms with van der Waals surface area (Å²) < 4.78 is 1.43. The van der Waals surface area contributed by atoms with E-state index in [0.717, 1.165) is 5.56 Å². The molecule has 18 heavy (non-hydrogen) atoms. The van der Waals surface area contributed by atoms with Gasteiger partial charge >= 0.3 is 0 Å². The second-order valence-electron chi connectivity index (χ2n) is 3.66. The first-order valence-electron chi connectivity index (χ1n) is 5.36. The molecule has 2 rings (SSSR count). The van der Waals surface area contributed by atoms with Gasteiger partial charge in [-0.3, -0.25) is 14.3 Å². The predicted octanol–water partition coefficient (Wildman–Crippen LogP) is 1.78. The summed E-state index contributed by atoms with van der Waals surface area (Å²) in [6.45, 7) is 0.397. The third kappa shape index (κ3) is 3.87. The quantitative estimate of drug-likeness (QED) is 0.839. The van der Waals surface area contributed by atoms with Crippen molar-refractivity contribution < 1.29 is 9.63 Å². The highest BCUT2D eigenvalue weighted by molar-refractivity contribution is 6.30. The maximum Gasteiger partial charge on any atom is 0.265 e. The summed E-state index contributed by atoms with van der Waals surface area (Å²) >= 11 is 5.68. The van der Waals surface area contributed by atoms with Crippen LogP contribution in [0, 0.1) is 0 Å². The van der Waals surface area contributed by atoms with Gasteiger partial charge in [0.2, 0.25) is 0 Å². The highest BCUT2D eigenvalue weighted by Crippen LogP contribution is 2.04. The van der Waals surface area contributed by atoms with Gasteiger partial charge in [0.1, 0.15) is 6.54 Å². The molecule has 1 heterocycles. The summed E-state index contributed by atoms with van der Waals surface area (Å²) in [7, 11) is 0. The van der Waals surface area contributed by atoms with Crippen molar-refractivity contribution in [2.24, 2.45) is 0 Å². The number of carbonyl (C=O) groups is 1. The number of rotatable bonds is 5. The minimum Gasteiger partial charge on any atom is -0.271 e. The summed E-state index contributed by atoms with van der Waals surface area (Å²) in [5, 5.41) is 4.38. The Kier molecular flexibility index (Phi) is 4.33. The highest BCUT2D eigenvalue weighted by atomic mass is 35.5. The molecule has 94 valence electrons. The molecule has 0 aliphatic heterocycles. The molecule has 0 bridgehead atoms. The molecule has 5 nitrogen and oxygen atoms in total. The number of aromatic nitrogens is 2. The normalized spacial score (nSPS) is 10.3. The van der Waals surface area contributed by atoms with Crippen LogP contribution in [0.15, 0.2) is 42.7 Å². The maximum atomic E-state index is 11.5. The van der Waals surface area contributed by atoms with E-state index in [2.05, 4.69) is 10.6 Å². The first kappa shape index (κ1) is 12.6. The molecule has 0 saturated heterocycles. The van der Waals surface area contributed by atoms with Crippen LogP contribution in [0.4, 0.5) is 0 Å². The van der Waals surface area contributed by atoms with Crippen LogP contribution in [-0.2, 0) is 22.8 Å². The first-order chi connectivity index (χ1) is 8.74. The largest absolute Gasteiger partial charge is 0.271 e. The lowest BCUT2D eigenvalue weighted by Gasteiger charge is -2.05. The van der Waals surface area contributed by atoms with Crippen molar-refractivity contribution in [2.45, 2.75) is 13.2 Å². The molecule has 0 aliphatic carbocycles. The zero-order valence-electron chi connectivity index (χ0n) is 9.54. The Labute approximate surface area is 109 Å². The van der Waals surface area contributed by atoms with Crippen LogP contribution in [-0.4, -0.2) is 15.7 Å². The Hall–Kier alpha value is -1.85. The molecule has 0 saturated carbocycles. The van der Waals surface area contributed by atoms with Gasteiger partial charge < -0.3 is 0 Å². The minimum atomic E-state index is -0.286. The van der Waals surface area contributed by atoms with Crippen molar-refractivity contribution in [2.75, 3.05) is 0 Å². The van der Waals surface area contributed by atoms with Crippen molar-refractivity contribution in [1.29, 1.82) is 0 Å². The topological polar surface area (TPSA) is 56.2 Å². The Bertz CT molecular complexity index is 513. The number of halogens is 1. The Morgan fingerprint density at radius 1 is 1.39 bits per heavy atom. The van der Waals surface area contributed by atoms with Crippen molar-refractivity contribution in [3.8, 4) is 0 Å². The van der Waals surface area contributed by atoms with Gasteiger partial charge in [-0.05, 0) is 5.56 Å². The average molecular weight is 266 g/mol. The van der Waals surface area contributed by atoms with E-state index in [1.165, 1.54) is 10.9 Å². The molecule has 0 atom stereocenters. The fourth-order valence-corrected chi connectivity index (χ4v) is 1.53. The molecular weight excluding hydrogens is 254 g/mol. The van der Waals surface area contributed by atoms with Crippen molar-refractivity contribution >= 4 is 17.5 Å². The molecule has 0 aliphatic rings. The molecule has 1 aromatic carbocycles. The number of amides is 1. The molecule has 0 unspecified atom stereocenters.